The SMILES string of the molecule is CCCC(Cc1nc(C(C)(CC)OC)no1)NC. The third-order valence-corrected chi connectivity index (χ3v) is 3.53. The summed E-state index contributed by atoms with van der Waals surface area (Å²) in [4.78, 5) is 4.45. The standard InChI is InChI=1S/C13H25N3O2/c1-6-8-10(14-4)9-11-15-12(16-18-11)13(3,7-2)17-5/h10,14H,6-9H2,1-5H3. The van der Waals surface area contributed by atoms with Gasteiger partial charge in [-0.1, -0.05) is 25.4 Å². The highest BCUT2D eigenvalue weighted by Crippen LogP contribution is 2.25. The van der Waals surface area contributed by atoms with Gasteiger partial charge in [-0.05, 0) is 26.8 Å². The number of nitrogens with one attached hydrogen (secondary N) is 1. The van der Waals surface area contributed by atoms with Crippen molar-refractivity contribution in [2.75, 3.05) is 14.2 Å². The fourth-order valence-corrected chi connectivity index (χ4v) is 1.85. The highest BCUT2D eigenvalue weighted by Gasteiger charge is 2.30. The summed E-state index contributed by atoms with van der Waals surface area (Å²) >= 11 is 0. The van der Waals surface area contributed by atoms with E-state index in [0.29, 0.717) is 17.8 Å². The Labute approximate surface area is 109 Å². The van der Waals surface area contributed by atoms with E-state index in [4.69, 9.17) is 9.26 Å². The number of methoxy groups -OCH3 is 1. The fourth-order valence-electron chi connectivity index (χ4n) is 1.85. The summed E-state index contributed by atoms with van der Waals surface area (Å²) < 4.78 is 10.8. The Morgan fingerprint density at radius 1 is 1.44 bits per heavy atom. The van der Waals surface area contributed by atoms with Gasteiger partial charge in [0.2, 0.25) is 11.7 Å². The number of aromatic nitrogens is 2. The predicted molar refractivity (Wildman–Crippen MR) is 70.4 cm³/mol. The van der Waals surface area contributed by atoms with Crippen LogP contribution < -0.4 is 5.32 Å². The Kier molecular flexibility index (Phi) is 5.75. The highest BCUT2D eigenvalue weighted by molar-refractivity contribution is 4.99. The maximum Gasteiger partial charge on any atom is 0.228 e. The Hall–Kier alpha value is -0.940. The molecule has 0 fully saturated rings. The van der Waals surface area contributed by atoms with E-state index in [-0.39, 0.29) is 0 Å². The van der Waals surface area contributed by atoms with Gasteiger partial charge >= 0.3 is 0 Å². The molecule has 0 amide bonds. The molecule has 0 saturated carbocycles. The average Bonchev–Trinajstić information content (AvgIpc) is 2.86. The second-order valence-corrected chi connectivity index (χ2v) is 4.78. The van der Waals surface area contributed by atoms with Crippen LogP contribution in [0.1, 0.15) is 51.7 Å². The van der Waals surface area contributed by atoms with Crippen molar-refractivity contribution in [3.05, 3.63) is 11.7 Å². The van der Waals surface area contributed by atoms with Crippen LogP contribution in [-0.2, 0) is 16.8 Å². The van der Waals surface area contributed by atoms with Crippen LogP contribution in [0.5, 0.6) is 0 Å². The summed E-state index contributed by atoms with van der Waals surface area (Å²) in [5.74, 6) is 1.31. The number of likely N-dealkylation sites (N-methyl/N-ethyl adjacent to an activating group) is 1. The molecule has 5 heteroatoms. The van der Waals surface area contributed by atoms with Crippen molar-refractivity contribution in [1.29, 1.82) is 0 Å². The van der Waals surface area contributed by atoms with Gasteiger partial charge in [-0.25, -0.2) is 0 Å². The maximum absolute atomic E-state index is 5.46. The van der Waals surface area contributed by atoms with Crippen LogP contribution in [0.2, 0.25) is 0 Å². The van der Waals surface area contributed by atoms with E-state index < -0.39 is 5.60 Å². The lowest BCUT2D eigenvalue weighted by Gasteiger charge is -2.21. The van der Waals surface area contributed by atoms with Crippen LogP contribution in [0.15, 0.2) is 4.52 Å². The van der Waals surface area contributed by atoms with Crippen LogP contribution in [0.25, 0.3) is 0 Å². The molecule has 2 atom stereocenters. The third-order valence-electron chi connectivity index (χ3n) is 3.53. The van der Waals surface area contributed by atoms with Gasteiger partial charge in [0.15, 0.2) is 0 Å². The van der Waals surface area contributed by atoms with Crippen molar-refractivity contribution in [2.24, 2.45) is 0 Å². The number of nitrogens with zero attached hydrogens (tertiary/aromatic N) is 2. The Morgan fingerprint density at radius 3 is 2.67 bits per heavy atom. The van der Waals surface area contributed by atoms with E-state index in [1.165, 1.54) is 0 Å². The first kappa shape index (κ1) is 15.1. The van der Waals surface area contributed by atoms with Gasteiger partial charge in [-0.2, -0.15) is 4.98 Å². The van der Waals surface area contributed by atoms with Gasteiger partial charge in [0.25, 0.3) is 0 Å². The Bertz CT molecular complexity index is 348. The maximum atomic E-state index is 5.46. The molecule has 0 radical (unpaired) electrons. The van der Waals surface area contributed by atoms with Crippen LogP contribution in [-0.4, -0.2) is 30.3 Å². The molecule has 2 unspecified atom stereocenters. The first-order valence-corrected chi connectivity index (χ1v) is 6.65. The quantitative estimate of drug-likeness (QED) is 0.772. The van der Waals surface area contributed by atoms with Gasteiger partial charge in [0, 0.05) is 19.6 Å². The smallest absolute Gasteiger partial charge is 0.228 e. The van der Waals surface area contributed by atoms with E-state index in [1.807, 2.05) is 20.9 Å². The molecule has 1 heterocycles. The number of rotatable bonds is 8. The van der Waals surface area contributed by atoms with Crippen molar-refractivity contribution in [1.82, 2.24) is 15.5 Å². The summed E-state index contributed by atoms with van der Waals surface area (Å²) in [6.45, 7) is 6.19. The Balaban J connectivity index is 2.73. The van der Waals surface area contributed by atoms with Gasteiger partial charge in [0.05, 0.1) is 0 Å². The van der Waals surface area contributed by atoms with Gasteiger partial charge in [-0.15, -0.1) is 0 Å². The largest absolute Gasteiger partial charge is 0.370 e. The van der Waals surface area contributed by atoms with Crippen molar-refractivity contribution in [3.8, 4) is 0 Å². The van der Waals surface area contributed by atoms with Crippen molar-refractivity contribution in [3.63, 3.8) is 0 Å². The van der Waals surface area contributed by atoms with Gasteiger partial charge in [-0.3, -0.25) is 0 Å². The molecule has 0 aromatic carbocycles. The molecule has 1 aromatic heterocycles. The van der Waals surface area contributed by atoms with Crippen molar-refractivity contribution in [2.45, 2.75) is 58.1 Å². The molecular formula is C13H25N3O2. The molecular weight excluding hydrogens is 230 g/mol. The van der Waals surface area contributed by atoms with E-state index in [2.05, 4.69) is 22.4 Å². The first-order valence-electron chi connectivity index (χ1n) is 6.65. The number of hydrogen-bond donors (Lipinski definition) is 1. The van der Waals surface area contributed by atoms with E-state index >= 15 is 0 Å². The average molecular weight is 255 g/mol. The minimum Gasteiger partial charge on any atom is -0.370 e. The molecule has 18 heavy (non-hydrogen) atoms. The molecule has 1 rings (SSSR count). The minimum absolute atomic E-state index is 0.388. The summed E-state index contributed by atoms with van der Waals surface area (Å²) in [6, 6.07) is 0.388. The lowest BCUT2D eigenvalue weighted by molar-refractivity contribution is -0.0106. The zero-order chi connectivity index (χ0) is 13.6. The molecule has 0 spiro atoms. The number of ether oxygens (including phenoxy) is 1. The van der Waals surface area contributed by atoms with E-state index in [0.717, 1.165) is 25.7 Å². The normalized spacial score (nSPS) is 16.5. The van der Waals surface area contributed by atoms with Crippen LogP contribution >= 0.6 is 0 Å². The van der Waals surface area contributed by atoms with E-state index in [9.17, 15) is 0 Å². The molecule has 0 aliphatic carbocycles. The molecule has 104 valence electrons. The lowest BCUT2D eigenvalue weighted by atomic mass is 10.0. The van der Waals surface area contributed by atoms with Crippen LogP contribution in [0.3, 0.4) is 0 Å². The first-order chi connectivity index (χ1) is 8.59. The minimum atomic E-state index is -0.457. The fraction of sp³-hybridized carbons (Fsp3) is 0.846. The van der Waals surface area contributed by atoms with E-state index in [1.54, 1.807) is 7.11 Å². The summed E-state index contributed by atoms with van der Waals surface area (Å²) in [5, 5.41) is 7.31. The van der Waals surface area contributed by atoms with Gasteiger partial charge < -0.3 is 14.6 Å². The third kappa shape index (κ3) is 3.53. The lowest BCUT2D eigenvalue weighted by Crippen LogP contribution is -2.28. The molecule has 5 nitrogen and oxygen atoms in total. The predicted octanol–water partition coefficient (Wildman–Crippen LogP) is 2.27. The van der Waals surface area contributed by atoms with Crippen LogP contribution in [0.4, 0.5) is 0 Å². The van der Waals surface area contributed by atoms with Crippen molar-refractivity contribution < 1.29 is 9.26 Å². The molecule has 0 bridgehead atoms. The molecule has 1 aromatic rings. The Morgan fingerprint density at radius 2 is 2.17 bits per heavy atom. The van der Waals surface area contributed by atoms with Crippen molar-refractivity contribution >= 4 is 0 Å². The zero-order valence-corrected chi connectivity index (χ0v) is 12.1. The highest BCUT2D eigenvalue weighted by atomic mass is 16.5. The molecule has 0 saturated heterocycles. The second kappa shape index (κ2) is 6.85. The van der Waals surface area contributed by atoms with Gasteiger partial charge in [0.1, 0.15) is 5.60 Å². The second-order valence-electron chi connectivity index (χ2n) is 4.78. The van der Waals surface area contributed by atoms with Crippen LogP contribution in [0, 0.1) is 0 Å². The molecule has 0 aliphatic rings. The summed E-state index contributed by atoms with van der Waals surface area (Å²) in [5.41, 5.74) is -0.457. The topological polar surface area (TPSA) is 60.2 Å². The zero-order valence-electron chi connectivity index (χ0n) is 12.1. The summed E-state index contributed by atoms with van der Waals surface area (Å²) in [7, 11) is 3.63. The summed E-state index contributed by atoms with van der Waals surface area (Å²) in [6.07, 6.45) is 3.81. The number of hydrogen-bond acceptors (Lipinski definition) is 5. The molecule has 0 aliphatic heterocycles. The molecule has 1 N–H and O–H groups in total. The monoisotopic (exact) mass is 255 g/mol.